The molecule has 6 rings (SSSR count). The quantitative estimate of drug-likeness (QED) is 0.553. The van der Waals surface area contributed by atoms with E-state index in [0.29, 0.717) is 18.5 Å². The third kappa shape index (κ3) is 2.09. The SMILES string of the molecule is COC(=O)[C@]12C[C@@H]3c4cccc5c4[C@H](CN5C(=O)c4ccccc4)C[C@@]3(O1)N(C)C2=O. The van der Waals surface area contributed by atoms with Gasteiger partial charge in [-0.15, -0.1) is 0 Å². The van der Waals surface area contributed by atoms with Crippen LogP contribution in [-0.2, 0) is 19.1 Å². The second-order valence-corrected chi connectivity index (χ2v) is 8.85. The van der Waals surface area contributed by atoms with E-state index in [1.54, 1.807) is 11.9 Å². The summed E-state index contributed by atoms with van der Waals surface area (Å²) in [6, 6.07) is 15.2. The number of likely N-dealkylation sites (tertiary alicyclic amines) is 1. The molecule has 158 valence electrons. The standard InChI is InChI=1S/C24H22N2O5/c1-25-21(28)23(22(29)30-2)12-17-16-9-6-10-18-19(16)15(11-24(17,25)31-23)13-26(18)20(27)14-7-4-3-5-8-14/h3-10,15,17H,11-13H2,1-2H3/t15-,17+,23+,24-/m0/s1. The van der Waals surface area contributed by atoms with Crippen LogP contribution in [0, 0.1) is 0 Å². The van der Waals surface area contributed by atoms with Gasteiger partial charge >= 0.3 is 5.97 Å². The van der Waals surface area contributed by atoms with E-state index < -0.39 is 17.3 Å². The highest BCUT2D eigenvalue weighted by Gasteiger charge is 2.75. The van der Waals surface area contributed by atoms with Gasteiger partial charge in [-0.2, -0.15) is 0 Å². The van der Waals surface area contributed by atoms with Gasteiger partial charge in [0.05, 0.1) is 7.11 Å². The maximum atomic E-state index is 13.3. The van der Waals surface area contributed by atoms with Gasteiger partial charge in [-0.05, 0) is 29.3 Å². The summed E-state index contributed by atoms with van der Waals surface area (Å²) in [5, 5.41) is 0. The van der Waals surface area contributed by atoms with Crippen molar-refractivity contribution in [1.82, 2.24) is 4.90 Å². The lowest BCUT2D eigenvalue weighted by Gasteiger charge is -2.45. The maximum Gasteiger partial charge on any atom is 0.348 e. The van der Waals surface area contributed by atoms with Gasteiger partial charge in [-0.3, -0.25) is 9.59 Å². The Morgan fingerprint density at radius 2 is 1.87 bits per heavy atom. The van der Waals surface area contributed by atoms with Gasteiger partial charge in [0.2, 0.25) is 5.60 Å². The molecule has 3 heterocycles. The van der Waals surface area contributed by atoms with Crippen molar-refractivity contribution in [3.63, 3.8) is 0 Å². The molecule has 2 amide bonds. The van der Waals surface area contributed by atoms with Crippen LogP contribution in [0.1, 0.15) is 46.2 Å². The number of anilines is 1. The molecule has 2 aromatic rings. The zero-order valence-corrected chi connectivity index (χ0v) is 17.3. The number of likely N-dealkylation sites (N-methyl/N-ethyl adjacent to an activating group) is 1. The third-order valence-electron chi connectivity index (χ3n) is 7.52. The number of ether oxygens (including phenoxy) is 2. The highest BCUT2D eigenvalue weighted by atomic mass is 16.6. The zero-order chi connectivity index (χ0) is 21.5. The number of nitrogens with zero attached hydrogens (tertiary/aromatic N) is 2. The van der Waals surface area contributed by atoms with Crippen molar-refractivity contribution in [2.45, 2.75) is 36.0 Å². The molecule has 1 spiro atoms. The fourth-order valence-corrected chi connectivity index (χ4v) is 6.20. The van der Waals surface area contributed by atoms with Gasteiger partial charge in [0.15, 0.2) is 5.72 Å². The highest BCUT2D eigenvalue weighted by Crippen LogP contribution is 2.64. The topological polar surface area (TPSA) is 76.2 Å². The number of amides is 2. The van der Waals surface area contributed by atoms with E-state index in [1.807, 2.05) is 53.4 Å². The van der Waals surface area contributed by atoms with E-state index in [4.69, 9.17) is 9.47 Å². The molecule has 0 N–H and O–H groups in total. The molecule has 0 saturated carbocycles. The largest absolute Gasteiger partial charge is 0.466 e. The normalized spacial score (nSPS) is 32.1. The first-order valence-corrected chi connectivity index (χ1v) is 10.5. The molecule has 2 fully saturated rings. The summed E-state index contributed by atoms with van der Waals surface area (Å²) in [6.07, 6.45) is 0.805. The minimum absolute atomic E-state index is 0.0249. The lowest BCUT2D eigenvalue weighted by molar-refractivity contribution is -0.170. The number of carbonyl (C=O) groups excluding carboxylic acids is 3. The molecule has 2 aromatic carbocycles. The number of methoxy groups -OCH3 is 1. The minimum atomic E-state index is -1.57. The Morgan fingerprint density at radius 1 is 1.10 bits per heavy atom. The Bertz CT molecular complexity index is 1150. The smallest absolute Gasteiger partial charge is 0.348 e. The molecule has 2 bridgehead atoms. The monoisotopic (exact) mass is 418 g/mol. The lowest BCUT2D eigenvalue weighted by Crippen LogP contribution is -2.56. The molecular formula is C24H22N2O5. The number of carbonyl (C=O) groups is 3. The Balaban J connectivity index is 1.45. The van der Waals surface area contributed by atoms with Crippen LogP contribution < -0.4 is 4.90 Å². The first-order chi connectivity index (χ1) is 14.9. The predicted octanol–water partition coefficient (Wildman–Crippen LogP) is 2.42. The summed E-state index contributed by atoms with van der Waals surface area (Å²) in [5.74, 6) is -1.14. The van der Waals surface area contributed by atoms with Gasteiger partial charge in [-0.1, -0.05) is 30.3 Å². The molecule has 1 aliphatic carbocycles. The number of benzene rings is 2. The maximum absolute atomic E-state index is 13.3. The number of hydrogen-bond acceptors (Lipinski definition) is 5. The van der Waals surface area contributed by atoms with Crippen molar-refractivity contribution in [3.05, 3.63) is 65.2 Å². The summed E-state index contributed by atoms with van der Waals surface area (Å²) in [6.45, 7) is 0.519. The van der Waals surface area contributed by atoms with E-state index in [1.165, 1.54) is 7.11 Å². The second kappa shape index (κ2) is 5.95. The molecule has 3 aliphatic heterocycles. The summed E-state index contributed by atoms with van der Waals surface area (Å²) >= 11 is 0. The average molecular weight is 418 g/mol. The second-order valence-electron chi connectivity index (χ2n) is 8.85. The van der Waals surface area contributed by atoms with Crippen molar-refractivity contribution < 1.29 is 23.9 Å². The van der Waals surface area contributed by atoms with Crippen LogP contribution in [0.2, 0.25) is 0 Å². The average Bonchev–Trinajstić information content (AvgIpc) is 3.42. The van der Waals surface area contributed by atoms with Crippen molar-refractivity contribution >= 4 is 23.5 Å². The van der Waals surface area contributed by atoms with Gasteiger partial charge in [0, 0.05) is 49.5 Å². The predicted molar refractivity (Wildman–Crippen MR) is 111 cm³/mol. The fourth-order valence-electron chi connectivity index (χ4n) is 6.20. The summed E-state index contributed by atoms with van der Waals surface area (Å²) in [4.78, 5) is 42.4. The summed E-state index contributed by atoms with van der Waals surface area (Å²) in [5.41, 5.74) is 1.28. The van der Waals surface area contributed by atoms with Crippen molar-refractivity contribution in [2.24, 2.45) is 0 Å². The van der Waals surface area contributed by atoms with Gasteiger partial charge in [0.25, 0.3) is 11.8 Å². The Morgan fingerprint density at radius 3 is 2.61 bits per heavy atom. The van der Waals surface area contributed by atoms with Gasteiger partial charge in [-0.25, -0.2) is 4.79 Å². The summed E-state index contributed by atoms with van der Waals surface area (Å²) in [7, 11) is 2.99. The van der Waals surface area contributed by atoms with Gasteiger partial charge < -0.3 is 19.3 Å². The van der Waals surface area contributed by atoms with E-state index in [2.05, 4.69) is 0 Å². The lowest BCUT2D eigenvalue weighted by atomic mass is 9.68. The molecule has 7 nitrogen and oxygen atoms in total. The third-order valence-corrected chi connectivity index (χ3v) is 7.52. The number of piperidine rings is 1. The number of fused-ring (bicyclic) bond motifs is 2. The molecule has 4 aliphatic rings. The molecule has 2 saturated heterocycles. The summed E-state index contributed by atoms with van der Waals surface area (Å²) < 4.78 is 11.3. The van der Waals surface area contributed by atoms with Crippen LogP contribution in [0.3, 0.4) is 0 Å². The molecule has 4 atom stereocenters. The number of hydrogen-bond donors (Lipinski definition) is 0. The van der Waals surface area contributed by atoms with Crippen molar-refractivity contribution in [1.29, 1.82) is 0 Å². The van der Waals surface area contributed by atoms with Crippen LogP contribution in [-0.4, -0.2) is 54.7 Å². The Kier molecular flexibility index (Phi) is 3.56. The van der Waals surface area contributed by atoms with Crippen LogP contribution in [0.4, 0.5) is 5.69 Å². The van der Waals surface area contributed by atoms with Gasteiger partial charge in [0.1, 0.15) is 0 Å². The van der Waals surface area contributed by atoms with Crippen LogP contribution >= 0.6 is 0 Å². The zero-order valence-electron chi connectivity index (χ0n) is 17.3. The van der Waals surface area contributed by atoms with E-state index in [-0.39, 0.29) is 30.1 Å². The van der Waals surface area contributed by atoms with E-state index in [9.17, 15) is 14.4 Å². The van der Waals surface area contributed by atoms with E-state index >= 15 is 0 Å². The van der Waals surface area contributed by atoms with Crippen LogP contribution in [0.5, 0.6) is 0 Å². The molecule has 7 heteroatoms. The molecule has 31 heavy (non-hydrogen) atoms. The van der Waals surface area contributed by atoms with Crippen LogP contribution in [0.25, 0.3) is 0 Å². The highest BCUT2D eigenvalue weighted by molar-refractivity contribution is 6.10. The fraction of sp³-hybridized carbons (Fsp3) is 0.375. The first kappa shape index (κ1) is 18.6. The molecular weight excluding hydrogens is 396 g/mol. The van der Waals surface area contributed by atoms with E-state index in [0.717, 1.165) is 16.8 Å². The number of esters is 1. The van der Waals surface area contributed by atoms with Crippen molar-refractivity contribution in [3.8, 4) is 0 Å². The first-order valence-electron chi connectivity index (χ1n) is 10.5. The Hall–Kier alpha value is -3.19. The Labute approximate surface area is 179 Å². The molecule has 0 aromatic heterocycles. The molecule has 0 unspecified atom stereocenters. The van der Waals surface area contributed by atoms with Crippen molar-refractivity contribution in [2.75, 3.05) is 25.6 Å². The minimum Gasteiger partial charge on any atom is -0.466 e. The molecule has 0 radical (unpaired) electrons. The number of rotatable bonds is 2. The van der Waals surface area contributed by atoms with Crippen LogP contribution in [0.15, 0.2) is 48.5 Å².